The number of hydrazone groups is 1. The lowest BCUT2D eigenvalue weighted by atomic mass is 10.1. The summed E-state index contributed by atoms with van der Waals surface area (Å²) in [4.78, 5) is 15.1. The number of benzene rings is 1. The molecule has 0 spiro atoms. The Labute approximate surface area is 208 Å². The number of amides is 1. The number of anilines is 1. The molecule has 1 aromatic rings. The van der Waals surface area contributed by atoms with Crippen LogP contribution in [-0.2, 0) is 15.0 Å². The van der Waals surface area contributed by atoms with E-state index in [1.807, 2.05) is 6.92 Å². The van der Waals surface area contributed by atoms with Crippen molar-refractivity contribution >= 4 is 27.6 Å². The molecule has 1 amide bonds. The van der Waals surface area contributed by atoms with Crippen LogP contribution in [0.3, 0.4) is 0 Å². The Morgan fingerprint density at radius 3 is 2.51 bits per heavy atom. The maximum Gasteiger partial charge on any atom is 0.301 e. The number of nitrogens with two attached hydrogens (primary N) is 1. The number of nitrogens with one attached hydrogen (secondary N) is 2. The maximum atomic E-state index is 13.0. The van der Waals surface area contributed by atoms with E-state index in [0.717, 1.165) is 19.4 Å². The summed E-state index contributed by atoms with van der Waals surface area (Å²) < 4.78 is 35.9. The third-order valence-electron chi connectivity index (χ3n) is 5.92. The molecule has 0 aromatic heterocycles. The first-order chi connectivity index (χ1) is 16.7. The van der Waals surface area contributed by atoms with E-state index in [9.17, 15) is 13.2 Å². The lowest BCUT2D eigenvalue weighted by Gasteiger charge is -2.33. The van der Waals surface area contributed by atoms with Crippen molar-refractivity contribution in [2.75, 3.05) is 50.6 Å². The number of rotatable bonds is 10. The molecule has 12 heteroatoms. The van der Waals surface area contributed by atoms with Gasteiger partial charge in [0.15, 0.2) is 5.84 Å². The van der Waals surface area contributed by atoms with Gasteiger partial charge in [0.05, 0.1) is 17.9 Å². The van der Waals surface area contributed by atoms with E-state index in [1.54, 1.807) is 30.1 Å². The van der Waals surface area contributed by atoms with Gasteiger partial charge in [-0.05, 0) is 45.0 Å². The van der Waals surface area contributed by atoms with E-state index < -0.39 is 10.2 Å². The van der Waals surface area contributed by atoms with Crippen molar-refractivity contribution in [2.24, 2.45) is 10.8 Å². The normalized spacial score (nSPS) is 19.3. The summed E-state index contributed by atoms with van der Waals surface area (Å²) in [6.07, 6.45) is 1.75. The highest BCUT2D eigenvalue weighted by atomic mass is 32.2. The zero-order chi connectivity index (χ0) is 25.6. The lowest BCUT2D eigenvalue weighted by Crippen LogP contribution is -2.50. The molecule has 35 heavy (non-hydrogen) atoms. The van der Waals surface area contributed by atoms with E-state index >= 15 is 0 Å². The smallest absolute Gasteiger partial charge is 0.301 e. The fourth-order valence-corrected chi connectivity index (χ4v) is 5.21. The van der Waals surface area contributed by atoms with Crippen LogP contribution in [0.5, 0.6) is 5.75 Å². The zero-order valence-electron chi connectivity index (χ0n) is 21.0. The van der Waals surface area contributed by atoms with Gasteiger partial charge in [-0.2, -0.15) is 17.8 Å². The fraction of sp³-hybridized carbons (Fsp3) is 0.565. The average molecular weight is 508 g/mol. The molecule has 2 heterocycles. The standard InChI is InChI=1S/C23H37N7O4S/c1-5-8-11-30-21(17(4)24)23(31)25-22(26-30)19-16-18(9-10-20(19)34-7-3)27-35(32,33)29-14-12-28(6-2)13-15-29/h9-10,16,27H,5-8,11-15,24H2,1-4H3,(H,25,26,31)/b21-17-. The van der Waals surface area contributed by atoms with Crippen LogP contribution in [0.15, 0.2) is 34.7 Å². The molecule has 2 aliphatic rings. The molecule has 0 aliphatic carbocycles. The van der Waals surface area contributed by atoms with E-state index in [1.165, 1.54) is 4.31 Å². The van der Waals surface area contributed by atoms with Crippen molar-refractivity contribution in [3.63, 3.8) is 0 Å². The number of carbonyl (C=O) groups is 1. The van der Waals surface area contributed by atoms with Gasteiger partial charge in [-0.25, -0.2) is 0 Å². The number of ether oxygens (including phenoxy) is 1. The summed E-state index contributed by atoms with van der Waals surface area (Å²) in [6, 6.07) is 4.95. The molecular weight excluding hydrogens is 470 g/mol. The van der Waals surface area contributed by atoms with Crippen LogP contribution >= 0.6 is 0 Å². The van der Waals surface area contributed by atoms with Crippen molar-refractivity contribution < 1.29 is 17.9 Å². The maximum absolute atomic E-state index is 13.0. The quantitative estimate of drug-likeness (QED) is 0.409. The average Bonchev–Trinajstić information content (AvgIpc) is 2.83. The first-order valence-electron chi connectivity index (χ1n) is 12.1. The summed E-state index contributed by atoms with van der Waals surface area (Å²) in [6.45, 7) is 11.7. The van der Waals surface area contributed by atoms with Gasteiger partial charge in [-0.1, -0.05) is 20.3 Å². The van der Waals surface area contributed by atoms with E-state index in [4.69, 9.17) is 10.5 Å². The number of likely N-dealkylation sites (N-methyl/N-ethyl adjacent to an activating group) is 1. The third-order valence-corrected chi connectivity index (χ3v) is 7.46. The van der Waals surface area contributed by atoms with Crippen LogP contribution in [0.4, 0.5) is 5.69 Å². The molecule has 1 saturated heterocycles. The van der Waals surface area contributed by atoms with Crippen LogP contribution in [0.2, 0.25) is 0 Å². The summed E-state index contributed by atoms with van der Waals surface area (Å²) in [5, 5.41) is 9.03. The molecule has 1 fully saturated rings. The largest absolute Gasteiger partial charge is 0.493 e. The monoisotopic (exact) mass is 507 g/mol. The van der Waals surface area contributed by atoms with Gasteiger partial charge in [0.2, 0.25) is 0 Å². The number of hydrogen-bond acceptors (Lipinski definition) is 8. The van der Waals surface area contributed by atoms with Gasteiger partial charge in [-0.3, -0.25) is 14.5 Å². The van der Waals surface area contributed by atoms with Crippen molar-refractivity contribution in [3.8, 4) is 5.75 Å². The Hall–Kier alpha value is -2.83. The number of piperazine rings is 1. The van der Waals surface area contributed by atoms with Crippen LogP contribution < -0.4 is 20.5 Å². The highest BCUT2D eigenvalue weighted by Crippen LogP contribution is 2.27. The fourth-order valence-electron chi connectivity index (χ4n) is 4.01. The van der Waals surface area contributed by atoms with Gasteiger partial charge >= 0.3 is 10.2 Å². The number of nitrogens with zero attached hydrogens (tertiary/aromatic N) is 4. The van der Waals surface area contributed by atoms with Crippen molar-refractivity contribution in [1.29, 1.82) is 0 Å². The minimum Gasteiger partial charge on any atom is -0.493 e. The third kappa shape index (κ3) is 6.44. The topological polar surface area (TPSA) is 133 Å². The van der Waals surface area contributed by atoms with Crippen molar-refractivity contribution in [2.45, 2.75) is 40.5 Å². The molecule has 11 nitrogen and oxygen atoms in total. The number of unbranched alkanes of at least 4 members (excludes halogenated alkanes) is 1. The van der Waals surface area contributed by atoms with Crippen molar-refractivity contribution in [3.05, 3.63) is 35.2 Å². The lowest BCUT2D eigenvalue weighted by molar-refractivity contribution is -0.118. The van der Waals surface area contributed by atoms with Gasteiger partial charge in [0.25, 0.3) is 5.91 Å². The Morgan fingerprint density at radius 1 is 1.20 bits per heavy atom. The molecule has 0 atom stereocenters. The van der Waals surface area contributed by atoms with Gasteiger partial charge in [0.1, 0.15) is 11.4 Å². The second-order valence-electron chi connectivity index (χ2n) is 8.50. The predicted molar refractivity (Wildman–Crippen MR) is 137 cm³/mol. The summed E-state index contributed by atoms with van der Waals surface area (Å²) in [7, 11) is -3.74. The van der Waals surface area contributed by atoms with Crippen molar-refractivity contribution in [1.82, 2.24) is 19.5 Å². The highest BCUT2D eigenvalue weighted by molar-refractivity contribution is 7.90. The molecule has 0 radical (unpaired) electrons. The number of carbonyl (C=O) groups excluding carboxylic acids is 1. The zero-order valence-corrected chi connectivity index (χ0v) is 21.8. The summed E-state index contributed by atoms with van der Waals surface area (Å²) in [5.41, 5.74) is 7.48. The predicted octanol–water partition coefficient (Wildman–Crippen LogP) is 1.46. The molecule has 2 aliphatic heterocycles. The van der Waals surface area contributed by atoms with Gasteiger partial charge in [-0.15, -0.1) is 0 Å². The Morgan fingerprint density at radius 2 is 1.91 bits per heavy atom. The Bertz CT molecular complexity index is 1080. The first kappa shape index (κ1) is 26.8. The van der Waals surface area contributed by atoms with Gasteiger partial charge < -0.3 is 20.7 Å². The molecule has 0 bridgehead atoms. The van der Waals surface area contributed by atoms with Crippen LogP contribution in [0.1, 0.15) is 46.1 Å². The number of hydrogen-bond donors (Lipinski definition) is 3. The molecule has 194 valence electrons. The number of allylic oxidation sites excluding steroid dienone is 1. The first-order valence-corrected chi connectivity index (χ1v) is 13.5. The molecule has 0 unspecified atom stereocenters. The summed E-state index contributed by atoms with van der Waals surface area (Å²) in [5.74, 6) is 0.392. The minimum atomic E-state index is -3.74. The van der Waals surface area contributed by atoms with E-state index in [2.05, 4.69) is 33.9 Å². The molecule has 4 N–H and O–H groups in total. The molecular formula is C23H37N7O4S. The molecule has 1 aromatic carbocycles. The van der Waals surface area contributed by atoms with E-state index in [0.29, 0.717) is 67.7 Å². The second kappa shape index (κ2) is 11.7. The van der Waals surface area contributed by atoms with Crippen LogP contribution in [0.25, 0.3) is 0 Å². The van der Waals surface area contributed by atoms with E-state index in [-0.39, 0.29) is 11.7 Å². The Kier molecular flexibility index (Phi) is 8.98. The number of amidine groups is 1. The Balaban J connectivity index is 1.93. The SMILES string of the molecule is CCCCN1N=C(c2cc(NS(=O)(=O)N3CCN(CC)CC3)ccc2OCC)NC(=O)/C1=C(\C)N. The van der Waals surface area contributed by atoms with Crippen LogP contribution in [0, 0.1) is 0 Å². The minimum absolute atomic E-state index is 0.275. The highest BCUT2D eigenvalue weighted by Gasteiger charge is 2.30. The molecule has 0 saturated carbocycles. The second-order valence-corrected chi connectivity index (χ2v) is 10.2. The van der Waals surface area contributed by atoms with Crippen LogP contribution in [-0.4, -0.2) is 80.3 Å². The summed E-state index contributed by atoms with van der Waals surface area (Å²) >= 11 is 0. The van der Waals surface area contributed by atoms with Gasteiger partial charge in [0, 0.05) is 38.4 Å². The molecule has 3 rings (SSSR count).